The average Bonchev–Trinajstić information content (AvgIpc) is 2.02. The number of nitrogens with one attached hydrogen (secondary N) is 2. The van der Waals surface area contributed by atoms with Crippen molar-refractivity contribution in [1.29, 1.82) is 5.41 Å². The van der Waals surface area contributed by atoms with Gasteiger partial charge in [0.25, 0.3) is 0 Å². The van der Waals surface area contributed by atoms with Crippen LogP contribution in [0.1, 0.15) is 19.8 Å². The molecule has 0 saturated carbocycles. The van der Waals surface area contributed by atoms with Crippen LogP contribution in [0.2, 0.25) is 0 Å². The third-order valence-corrected chi connectivity index (χ3v) is 1.54. The zero-order valence-corrected chi connectivity index (χ0v) is 7.76. The Balaban J connectivity index is 3.50. The van der Waals surface area contributed by atoms with Gasteiger partial charge in [0.2, 0.25) is 5.91 Å². The molecular weight excluding hydrogens is 168 g/mol. The lowest BCUT2D eigenvalue weighted by atomic mass is 10.2. The molecule has 74 valence electrons. The highest BCUT2D eigenvalue weighted by Crippen LogP contribution is 1.96. The molecule has 0 aromatic carbocycles. The molecule has 0 bridgehead atoms. The second-order valence-electron chi connectivity index (χ2n) is 2.73. The summed E-state index contributed by atoms with van der Waals surface area (Å²) < 4.78 is 0. The highest BCUT2D eigenvalue weighted by Gasteiger charge is 1.95. The molecular formula is C8H16N4O. The van der Waals surface area contributed by atoms with E-state index in [1.54, 1.807) is 13.0 Å². The molecule has 6 N–H and O–H groups in total. The van der Waals surface area contributed by atoms with Crippen LogP contribution < -0.4 is 16.8 Å². The molecule has 0 radical (unpaired) electrons. The molecule has 5 heteroatoms. The van der Waals surface area contributed by atoms with E-state index in [1.807, 2.05) is 0 Å². The van der Waals surface area contributed by atoms with E-state index in [0.29, 0.717) is 12.1 Å². The van der Waals surface area contributed by atoms with Gasteiger partial charge in [0, 0.05) is 12.1 Å². The van der Waals surface area contributed by atoms with Crippen LogP contribution in [0.5, 0.6) is 0 Å². The number of primary amides is 1. The Morgan fingerprint density at radius 1 is 1.54 bits per heavy atom. The fourth-order valence-electron chi connectivity index (χ4n) is 0.744. The second kappa shape index (κ2) is 6.05. The molecule has 0 aliphatic heterocycles. The summed E-state index contributed by atoms with van der Waals surface area (Å²) in [6.45, 7) is 2.32. The van der Waals surface area contributed by atoms with Crippen LogP contribution >= 0.6 is 0 Å². The van der Waals surface area contributed by atoms with E-state index >= 15 is 0 Å². The summed E-state index contributed by atoms with van der Waals surface area (Å²) in [6, 6.07) is 0. The number of allylic oxidation sites excluding steroid dienone is 1. The number of guanidine groups is 1. The van der Waals surface area contributed by atoms with Crippen molar-refractivity contribution < 1.29 is 4.79 Å². The number of nitrogens with two attached hydrogens (primary N) is 2. The van der Waals surface area contributed by atoms with E-state index in [-0.39, 0.29) is 11.9 Å². The first-order valence-corrected chi connectivity index (χ1v) is 4.08. The van der Waals surface area contributed by atoms with E-state index in [2.05, 4.69) is 5.32 Å². The van der Waals surface area contributed by atoms with Crippen LogP contribution in [0.3, 0.4) is 0 Å². The number of unbranched alkanes of at least 4 members (excludes halogenated alkanes) is 1. The second-order valence-corrected chi connectivity index (χ2v) is 2.73. The Labute approximate surface area is 77.7 Å². The van der Waals surface area contributed by atoms with Gasteiger partial charge >= 0.3 is 0 Å². The van der Waals surface area contributed by atoms with Crippen molar-refractivity contribution in [3.8, 4) is 0 Å². The van der Waals surface area contributed by atoms with Crippen molar-refractivity contribution >= 4 is 11.9 Å². The van der Waals surface area contributed by atoms with E-state index in [9.17, 15) is 4.79 Å². The largest absolute Gasteiger partial charge is 0.370 e. The van der Waals surface area contributed by atoms with Gasteiger partial charge in [-0.2, -0.15) is 0 Å². The molecule has 0 aliphatic rings. The summed E-state index contributed by atoms with van der Waals surface area (Å²) in [5, 5.41) is 9.52. The van der Waals surface area contributed by atoms with E-state index in [1.165, 1.54) is 0 Å². The molecule has 0 heterocycles. The first-order valence-electron chi connectivity index (χ1n) is 4.08. The third-order valence-electron chi connectivity index (χ3n) is 1.54. The maximum atomic E-state index is 10.6. The van der Waals surface area contributed by atoms with Crippen molar-refractivity contribution in [3.63, 3.8) is 0 Å². The highest BCUT2D eigenvalue weighted by atomic mass is 16.1. The van der Waals surface area contributed by atoms with Crippen molar-refractivity contribution in [3.05, 3.63) is 11.6 Å². The van der Waals surface area contributed by atoms with Gasteiger partial charge in [0.1, 0.15) is 0 Å². The monoisotopic (exact) mass is 184 g/mol. The Hall–Kier alpha value is -1.52. The van der Waals surface area contributed by atoms with Crippen LogP contribution in [0.25, 0.3) is 0 Å². The van der Waals surface area contributed by atoms with Crippen LogP contribution in [0.15, 0.2) is 11.6 Å². The topological polar surface area (TPSA) is 105 Å². The van der Waals surface area contributed by atoms with Gasteiger partial charge in [-0.05, 0) is 19.8 Å². The molecule has 0 saturated heterocycles. The summed E-state index contributed by atoms with van der Waals surface area (Å²) in [5.74, 6) is -0.421. The molecule has 0 unspecified atom stereocenters. The SMILES string of the molecule is CC(=CCCCNC(=N)N)C(N)=O. The number of carbonyl (C=O) groups excluding carboxylic acids is 1. The standard InChI is InChI=1S/C8H16N4O/c1-6(7(9)13)4-2-3-5-12-8(10)11/h4H,2-3,5H2,1H3,(H2,9,13)(H4,10,11,12). The first kappa shape index (κ1) is 11.5. The Morgan fingerprint density at radius 3 is 2.62 bits per heavy atom. The van der Waals surface area contributed by atoms with Crippen LogP contribution in [0.4, 0.5) is 0 Å². The average molecular weight is 184 g/mol. The van der Waals surface area contributed by atoms with E-state index in [4.69, 9.17) is 16.9 Å². The van der Waals surface area contributed by atoms with Gasteiger partial charge in [-0.3, -0.25) is 10.2 Å². The molecule has 0 atom stereocenters. The molecule has 0 aliphatic carbocycles. The van der Waals surface area contributed by atoms with Crippen LogP contribution in [0, 0.1) is 5.41 Å². The van der Waals surface area contributed by atoms with Gasteiger partial charge in [-0.25, -0.2) is 0 Å². The summed E-state index contributed by atoms with van der Waals surface area (Å²) in [6.07, 6.45) is 3.36. The van der Waals surface area contributed by atoms with Crippen molar-refractivity contribution in [1.82, 2.24) is 5.32 Å². The predicted octanol–water partition coefficient (Wildman–Crippen LogP) is -0.319. The zero-order valence-electron chi connectivity index (χ0n) is 7.76. The van der Waals surface area contributed by atoms with Gasteiger partial charge < -0.3 is 16.8 Å². The van der Waals surface area contributed by atoms with Crippen LogP contribution in [-0.4, -0.2) is 18.4 Å². The van der Waals surface area contributed by atoms with Crippen molar-refractivity contribution in [2.75, 3.05) is 6.54 Å². The van der Waals surface area contributed by atoms with E-state index < -0.39 is 0 Å². The smallest absolute Gasteiger partial charge is 0.244 e. The minimum atomic E-state index is -0.389. The number of hydrogen-bond acceptors (Lipinski definition) is 2. The molecule has 13 heavy (non-hydrogen) atoms. The summed E-state index contributed by atoms with van der Waals surface area (Å²) in [4.78, 5) is 10.6. The summed E-state index contributed by atoms with van der Waals surface area (Å²) in [5.41, 5.74) is 10.7. The number of carbonyl (C=O) groups is 1. The quantitative estimate of drug-likeness (QED) is 0.204. The molecule has 0 fully saturated rings. The van der Waals surface area contributed by atoms with Gasteiger partial charge in [0.05, 0.1) is 0 Å². The molecule has 0 aromatic rings. The predicted molar refractivity (Wildman–Crippen MR) is 52.1 cm³/mol. The molecule has 0 spiro atoms. The first-order chi connectivity index (χ1) is 6.04. The minimum Gasteiger partial charge on any atom is -0.370 e. The molecule has 0 rings (SSSR count). The highest BCUT2D eigenvalue weighted by molar-refractivity contribution is 5.91. The summed E-state index contributed by atoms with van der Waals surface area (Å²) in [7, 11) is 0. The lowest BCUT2D eigenvalue weighted by Crippen LogP contribution is -2.30. The molecule has 5 nitrogen and oxygen atoms in total. The van der Waals surface area contributed by atoms with Crippen molar-refractivity contribution in [2.24, 2.45) is 11.5 Å². The zero-order chi connectivity index (χ0) is 10.3. The molecule has 0 aromatic heterocycles. The lowest BCUT2D eigenvalue weighted by Gasteiger charge is -2.00. The van der Waals surface area contributed by atoms with E-state index in [0.717, 1.165) is 12.8 Å². The van der Waals surface area contributed by atoms with Gasteiger partial charge in [0.15, 0.2) is 5.96 Å². The maximum absolute atomic E-state index is 10.6. The lowest BCUT2D eigenvalue weighted by molar-refractivity contribution is -0.114. The third kappa shape index (κ3) is 6.86. The Kier molecular flexibility index (Phi) is 5.34. The molecule has 1 amide bonds. The number of amides is 1. The summed E-state index contributed by atoms with van der Waals surface area (Å²) >= 11 is 0. The Bertz CT molecular complexity index is 222. The van der Waals surface area contributed by atoms with Crippen molar-refractivity contribution in [2.45, 2.75) is 19.8 Å². The number of hydrogen-bond donors (Lipinski definition) is 4. The number of rotatable bonds is 5. The fraction of sp³-hybridized carbons (Fsp3) is 0.500. The van der Waals surface area contributed by atoms with Gasteiger partial charge in [-0.15, -0.1) is 0 Å². The normalized spacial score (nSPS) is 11.0. The van der Waals surface area contributed by atoms with Crippen LogP contribution in [-0.2, 0) is 4.79 Å². The maximum Gasteiger partial charge on any atom is 0.244 e. The van der Waals surface area contributed by atoms with Gasteiger partial charge in [-0.1, -0.05) is 6.08 Å². The minimum absolute atomic E-state index is 0.0318. The Morgan fingerprint density at radius 2 is 2.15 bits per heavy atom. The fourth-order valence-corrected chi connectivity index (χ4v) is 0.744.